The third kappa shape index (κ3) is 1.72. The Morgan fingerprint density at radius 1 is 1.47 bits per heavy atom. The molecule has 0 amide bonds. The standard InChI is InChI=1S/C11H16N4/c1-3-10-14-9-6-8(2)7-13-11(9)15(10)5-4-12/h6-7H,3-5,12H2,1-2H3. The maximum absolute atomic E-state index is 5.59. The molecule has 4 heteroatoms. The van der Waals surface area contributed by atoms with Crippen LogP contribution in [0.5, 0.6) is 0 Å². The number of aryl methyl sites for hydroxylation is 2. The average Bonchev–Trinajstić information content (AvgIpc) is 2.56. The molecule has 4 nitrogen and oxygen atoms in total. The summed E-state index contributed by atoms with van der Waals surface area (Å²) in [5.74, 6) is 1.06. The Labute approximate surface area is 89.1 Å². The van der Waals surface area contributed by atoms with E-state index in [0.717, 1.165) is 35.5 Å². The van der Waals surface area contributed by atoms with E-state index in [2.05, 4.69) is 27.5 Å². The summed E-state index contributed by atoms with van der Waals surface area (Å²) in [6.07, 6.45) is 2.78. The zero-order valence-electron chi connectivity index (χ0n) is 9.20. The Balaban J connectivity index is 2.63. The Morgan fingerprint density at radius 2 is 2.27 bits per heavy atom. The Morgan fingerprint density at radius 3 is 2.93 bits per heavy atom. The zero-order chi connectivity index (χ0) is 10.8. The summed E-state index contributed by atoms with van der Waals surface area (Å²) >= 11 is 0. The van der Waals surface area contributed by atoms with Crippen molar-refractivity contribution in [3.8, 4) is 0 Å². The maximum Gasteiger partial charge on any atom is 0.160 e. The lowest BCUT2D eigenvalue weighted by atomic mass is 10.3. The lowest BCUT2D eigenvalue weighted by Gasteiger charge is -2.04. The SMILES string of the molecule is CCc1nc2cc(C)cnc2n1CCN. The number of nitrogens with zero attached hydrogens (tertiary/aromatic N) is 3. The fourth-order valence-corrected chi connectivity index (χ4v) is 1.79. The average molecular weight is 204 g/mol. The first kappa shape index (κ1) is 10.1. The van der Waals surface area contributed by atoms with Gasteiger partial charge in [-0.2, -0.15) is 0 Å². The predicted molar refractivity (Wildman–Crippen MR) is 60.7 cm³/mol. The summed E-state index contributed by atoms with van der Waals surface area (Å²) in [6, 6.07) is 2.06. The van der Waals surface area contributed by atoms with Gasteiger partial charge in [-0.05, 0) is 18.6 Å². The molecule has 0 radical (unpaired) electrons. The molecule has 2 aromatic heterocycles. The van der Waals surface area contributed by atoms with Crippen LogP contribution >= 0.6 is 0 Å². The van der Waals surface area contributed by atoms with Gasteiger partial charge >= 0.3 is 0 Å². The van der Waals surface area contributed by atoms with Crippen LogP contribution in [0.25, 0.3) is 11.2 Å². The summed E-state index contributed by atoms with van der Waals surface area (Å²) in [5, 5.41) is 0. The van der Waals surface area contributed by atoms with Gasteiger partial charge in [0, 0.05) is 25.7 Å². The number of rotatable bonds is 3. The largest absolute Gasteiger partial charge is 0.329 e. The van der Waals surface area contributed by atoms with Crippen molar-refractivity contribution in [3.63, 3.8) is 0 Å². The summed E-state index contributed by atoms with van der Waals surface area (Å²) in [7, 11) is 0. The van der Waals surface area contributed by atoms with Crippen molar-refractivity contribution in [2.24, 2.45) is 5.73 Å². The van der Waals surface area contributed by atoms with E-state index in [9.17, 15) is 0 Å². The van der Waals surface area contributed by atoms with Crippen molar-refractivity contribution < 1.29 is 0 Å². The topological polar surface area (TPSA) is 56.7 Å². The molecule has 2 aromatic rings. The number of fused-ring (bicyclic) bond motifs is 1. The number of nitrogens with two attached hydrogens (primary N) is 1. The smallest absolute Gasteiger partial charge is 0.160 e. The first-order valence-electron chi connectivity index (χ1n) is 5.28. The van der Waals surface area contributed by atoms with Crippen molar-refractivity contribution in [1.29, 1.82) is 0 Å². The Hall–Kier alpha value is -1.42. The van der Waals surface area contributed by atoms with Crippen LogP contribution in [0, 0.1) is 6.92 Å². The molecule has 2 heterocycles. The molecule has 0 aliphatic carbocycles. The second-order valence-electron chi connectivity index (χ2n) is 3.68. The van der Waals surface area contributed by atoms with Crippen LogP contribution in [-0.2, 0) is 13.0 Å². The second kappa shape index (κ2) is 3.98. The van der Waals surface area contributed by atoms with E-state index in [-0.39, 0.29) is 0 Å². The molecule has 0 fully saturated rings. The van der Waals surface area contributed by atoms with Crippen molar-refractivity contribution in [2.75, 3.05) is 6.54 Å². The van der Waals surface area contributed by atoms with Crippen molar-refractivity contribution in [3.05, 3.63) is 23.7 Å². The van der Waals surface area contributed by atoms with Gasteiger partial charge < -0.3 is 10.3 Å². The first-order chi connectivity index (χ1) is 7.26. The van der Waals surface area contributed by atoms with Crippen LogP contribution in [0.3, 0.4) is 0 Å². The predicted octanol–water partition coefficient (Wildman–Crippen LogP) is 1.26. The van der Waals surface area contributed by atoms with Crippen LogP contribution in [0.1, 0.15) is 18.3 Å². The molecule has 0 aliphatic rings. The van der Waals surface area contributed by atoms with E-state index in [1.165, 1.54) is 0 Å². The molecular formula is C11H16N4. The second-order valence-corrected chi connectivity index (χ2v) is 3.68. The molecule has 80 valence electrons. The molecule has 0 bridgehead atoms. The van der Waals surface area contributed by atoms with Gasteiger partial charge in [-0.25, -0.2) is 9.97 Å². The van der Waals surface area contributed by atoms with Crippen LogP contribution in [0.2, 0.25) is 0 Å². The molecule has 2 N–H and O–H groups in total. The van der Waals surface area contributed by atoms with Gasteiger partial charge in [-0.1, -0.05) is 6.92 Å². The van der Waals surface area contributed by atoms with Crippen LogP contribution < -0.4 is 5.73 Å². The lowest BCUT2D eigenvalue weighted by Crippen LogP contribution is -2.12. The number of pyridine rings is 1. The summed E-state index contributed by atoms with van der Waals surface area (Å²) in [4.78, 5) is 8.97. The molecule has 0 saturated heterocycles. The zero-order valence-corrected chi connectivity index (χ0v) is 9.20. The monoisotopic (exact) mass is 204 g/mol. The molecule has 0 saturated carbocycles. The van der Waals surface area contributed by atoms with E-state index in [1.54, 1.807) is 0 Å². The normalized spacial score (nSPS) is 11.1. The van der Waals surface area contributed by atoms with Crippen molar-refractivity contribution in [1.82, 2.24) is 14.5 Å². The minimum Gasteiger partial charge on any atom is -0.329 e. The molecule has 0 spiro atoms. The highest BCUT2D eigenvalue weighted by molar-refractivity contribution is 5.72. The number of aromatic nitrogens is 3. The third-order valence-corrected chi connectivity index (χ3v) is 2.47. The van der Waals surface area contributed by atoms with Gasteiger partial charge in [0.2, 0.25) is 0 Å². The van der Waals surface area contributed by atoms with Crippen molar-refractivity contribution in [2.45, 2.75) is 26.8 Å². The van der Waals surface area contributed by atoms with Crippen LogP contribution in [0.15, 0.2) is 12.3 Å². The highest BCUT2D eigenvalue weighted by atomic mass is 15.1. The van der Waals surface area contributed by atoms with E-state index >= 15 is 0 Å². The van der Waals surface area contributed by atoms with Crippen molar-refractivity contribution >= 4 is 11.2 Å². The third-order valence-electron chi connectivity index (χ3n) is 2.47. The van der Waals surface area contributed by atoms with Gasteiger partial charge in [0.05, 0.1) is 0 Å². The molecule has 2 rings (SSSR count). The minimum absolute atomic E-state index is 0.619. The van der Waals surface area contributed by atoms with Gasteiger partial charge in [0.15, 0.2) is 5.65 Å². The van der Waals surface area contributed by atoms with E-state index in [0.29, 0.717) is 6.54 Å². The number of hydrogen-bond donors (Lipinski definition) is 1. The highest BCUT2D eigenvalue weighted by Crippen LogP contribution is 2.15. The molecule has 0 unspecified atom stereocenters. The van der Waals surface area contributed by atoms with Crippen LogP contribution in [-0.4, -0.2) is 21.1 Å². The number of imidazole rings is 1. The summed E-state index contributed by atoms with van der Waals surface area (Å²) in [5.41, 5.74) is 8.65. The minimum atomic E-state index is 0.619. The molecule has 15 heavy (non-hydrogen) atoms. The fourth-order valence-electron chi connectivity index (χ4n) is 1.79. The summed E-state index contributed by atoms with van der Waals surface area (Å²) < 4.78 is 2.11. The van der Waals surface area contributed by atoms with Gasteiger partial charge in [0.1, 0.15) is 11.3 Å². The quantitative estimate of drug-likeness (QED) is 0.819. The van der Waals surface area contributed by atoms with Gasteiger partial charge in [0.25, 0.3) is 0 Å². The highest BCUT2D eigenvalue weighted by Gasteiger charge is 2.09. The maximum atomic E-state index is 5.59. The Kier molecular flexibility index (Phi) is 2.68. The molecule has 0 atom stereocenters. The van der Waals surface area contributed by atoms with E-state index in [1.807, 2.05) is 13.1 Å². The molecule has 0 aliphatic heterocycles. The first-order valence-corrected chi connectivity index (χ1v) is 5.28. The fraction of sp³-hybridized carbons (Fsp3) is 0.455. The number of hydrogen-bond acceptors (Lipinski definition) is 3. The van der Waals surface area contributed by atoms with E-state index < -0.39 is 0 Å². The van der Waals surface area contributed by atoms with Crippen LogP contribution in [0.4, 0.5) is 0 Å². The molecular weight excluding hydrogens is 188 g/mol. The van der Waals surface area contributed by atoms with E-state index in [4.69, 9.17) is 5.73 Å². The van der Waals surface area contributed by atoms with Gasteiger partial charge in [-0.3, -0.25) is 0 Å². The molecule has 0 aromatic carbocycles. The summed E-state index contributed by atoms with van der Waals surface area (Å²) in [6.45, 7) is 5.53. The van der Waals surface area contributed by atoms with Gasteiger partial charge in [-0.15, -0.1) is 0 Å². The lowest BCUT2D eigenvalue weighted by molar-refractivity contribution is 0.679. The Bertz CT molecular complexity index is 473.